The lowest BCUT2D eigenvalue weighted by atomic mass is 9.99. The van der Waals surface area contributed by atoms with Crippen LogP contribution in [0.2, 0.25) is 0 Å². The highest BCUT2D eigenvalue weighted by atomic mass is 16.3. The van der Waals surface area contributed by atoms with Gasteiger partial charge in [0.1, 0.15) is 5.75 Å². The van der Waals surface area contributed by atoms with Crippen LogP contribution in [0.3, 0.4) is 0 Å². The van der Waals surface area contributed by atoms with E-state index in [0.29, 0.717) is 5.39 Å². The van der Waals surface area contributed by atoms with Crippen molar-refractivity contribution in [3.63, 3.8) is 0 Å². The number of carbonyl (C=O) groups is 2. The van der Waals surface area contributed by atoms with Gasteiger partial charge in [0, 0.05) is 0 Å². The van der Waals surface area contributed by atoms with E-state index < -0.39 is 11.8 Å². The van der Waals surface area contributed by atoms with E-state index in [-0.39, 0.29) is 16.9 Å². The summed E-state index contributed by atoms with van der Waals surface area (Å²) < 4.78 is 0. The number of amides is 2. The summed E-state index contributed by atoms with van der Waals surface area (Å²) in [5, 5.41) is 13.3. The van der Waals surface area contributed by atoms with Crippen molar-refractivity contribution in [1.29, 1.82) is 0 Å². The molecule has 1 heterocycles. The van der Waals surface area contributed by atoms with Crippen molar-refractivity contribution in [3.05, 3.63) is 41.5 Å². The van der Waals surface area contributed by atoms with Crippen molar-refractivity contribution in [2.24, 2.45) is 0 Å². The number of imide groups is 1. The number of rotatable bonds is 0. The van der Waals surface area contributed by atoms with E-state index in [1.807, 2.05) is 6.07 Å². The molecule has 16 heavy (non-hydrogen) atoms. The first-order valence-corrected chi connectivity index (χ1v) is 4.79. The topological polar surface area (TPSA) is 66.4 Å². The lowest BCUT2D eigenvalue weighted by Crippen LogP contribution is -2.20. The molecule has 2 amide bonds. The third-order valence-electron chi connectivity index (χ3n) is 2.71. The van der Waals surface area contributed by atoms with E-state index in [2.05, 4.69) is 5.32 Å². The first-order chi connectivity index (χ1) is 7.68. The minimum Gasteiger partial charge on any atom is -0.507 e. The Labute approximate surface area is 90.5 Å². The maximum atomic E-state index is 11.6. The zero-order chi connectivity index (χ0) is 11.3. The molecule has 3 rings (SSSR count). The Bertz CT molecular complexity index is 646. The highest BCUT2D eigenvalue weighted by Gasteiger charge is 2.31. The van der Waals surface area contributed by atoms with E-state index in [0.717, 1.165) is 5.39 Å². The van der Waals surface area contributed by atoms with Crippen molar-refractivity contribution in [2.75, 3.05) is 0 Å². The fourth-order valence-corrected chi connectivity index (χ4v) is 2.03. The van der Waals surface area contributed by atoms with Crippen LogP contribution in [0.15, 0.2) is 30.3 Å². The normalized spacial score (nSPS) is 14.0. The van der Waals surface area contributed by atoms with Gasteiger partial charge in [0.2, 0.25) is 0 Å². The van der Waals surface area contributed by atoms with Gasteiger partial charge >= 0.3 is 0 Å². The highest BCUT2D eigenvalue weighted by Crippen LogP contribution is 2.32. The second kappa shape index (κ2) is 2.82. The lowest BCUT2D eigenvalue weighted by molar-refractivity contribution is 0.0879. The third kappa shape index (κ3) is 0.982. The Morgan fingerprint density at radius 1 is 1.00 bits per heavy atom. The maximum Gasteiger partial charge on any atom is 0.262 e. The van der Waals surface area contributed by atoms with Gasteiger partial charge in [0.15, 0.2) is 0 Å². The molecule has 2 aromatic carbocycles. The SMILES string of the molecule is O=C1NC(=O)c2c1c(O)cc1ccccc21. The number of nitrogens with one attached hydrogen (secondary N) is 1. The average Bonchev–Trinajstić information content (AvgIpc) is 2.55. The van der Waals surface area contributed by atoms with Crippen molar-refractivity contribution >= 4 is 22.6 Å². The predicted octanol–water partition coefficient (Wildman–Crippen LogP) is 1.43. The summed E-state index contributed by atoms with van der Waals surface area (Å²) in [7, 11) is 0. The van der Waals surface area contributed by atoms with E-state index in [1.54, 1.807) is 18.2 Å². The van der Waals surface area contributed by atoms with Gasteiger partial charge < -0.3 is 5.11 Å². The lowest BCUT2D eigenvalue weighted by Gasteiger charge is -2.04. The fourth-order valence-electron chi connectivity index (χ4n) is 2.03. The van der Waals surface area contributed by atoms with Crippen LogP contribution in [0.1, 0.15) is 20.7 Å². The van der Waals surface area contributed by atoms with Crippen molar-refractivity contribution in [2.45, 2.75) is 0 Å². The molecular formula is C12H7NO3. The van der Waals surface area contributed by atoms with Crippen LogP contribution in [0.5, 0.6) is 5.75 Å². The second-order valence-electron chi connectivity index (χ2n) is 3.65. The summed E-state index contributed by atoms with van der Waals surface area (Å²) in [6.45, 7) is 0. The smallest absolute Gasteiger partial charge is 0.262 e. The Morgan fingerprint density at radius 2 is 1.69 bits per heavy atom. The second-order valence-corrected chi connectivity index (χ2v) is 3.65. The molecule has 0 atom stereocenters. The zero-order valence-electron chi connectivity index (χ0n) is 8.15. The van der Waals surface area contributed by atoms with E-state index in [9.17, 15) is 14.7 Å². The van der Waals surface area contributed by atoms with Gasteiger partial charge in [-0.15, -0.1) is 0 Å². The standard InChI is InChI=1S/C12H7NO3/c14-8-5-6-3-1-2-4-7(6)9-10(8)12(16)13-11(9)15/h1-5,14H,(H,13,15,16). The molecule has 0 aliphatic carbocycles. The van der Waals surface area contributed by atoms with Gasteiger partial charge in [-0.05, 0) is 16.8 Å². The van der Waals surface area contributed by atoms with E-state index in [1.165, 1.54) is 6.07 Å². The van der Waals surface area contributed by atoms with Crippen molar-refractivity contribution in [3.8, 4) is 5.75 Å². The summed E-state index contributed by atoms with van der Waals surface area (Å²) in [5.74, 6) is -1.15. The molecule has 0 unspecified atom stereocenters. The Hall–Kier alpha value is -2.36. The number of fused-ring (bicyclic) bond motifs is 3. The number of aromatic hydroxyl groups is 1. The largest absolute Gasteiger partial charge is 0.507 e. The summed E-state index contributed by atoms with van der Waals surface area (Å²) in [6, 6.07) is 8.63. The maximum absolute atomic E-state index is 11.6. The van der Waals surface area contributed by atoms with E-state index in [4.69, 9.17) is 0 Å². The summed E-state index contributed by atoms with van der Waals surface area (Å²) in [6.07, 6.45) is 0. The molecule has 2 aromatic rings. The van der Waals surface area contributed by atoms with E-state index >= 15 is 0 Å². The molecule has 0 saturated heterocycles. The van der Waals surface area contributed by atoms with Crippen LogP contribution in [0.25, 0.3) is 10.8 Å². The molecule has 0 bridgehead atoms. The Kier molecular flexibility index (Phi) is 1.57. The molecular weight excluding hydrogens is 206 g/mol. The third-order valence-corrected chi connectivity index (χ3v) is 2.71. The summed E-state index contributed by atoms with van der Waals surface area (Å²) in [5.41, 5.74) is 0.337. The number of hydrogen-bond acceptors (Lipinski definition) is 3. The fraction of sp³-hybridized carbons (Fsp3) is 0. The van der Waals surface area contributed by atoms with Crippen LogP contribution >= 0.6 is 0 Å². The monoisotopic (exact) mass is 213 g/mol. The zero-order valence-corrected chi connectivity index (χ0v) is 8.15. The van der Waals surface area contributed by atoms with Gasteiger partial charge in [-0.1, -0.05) is 24.3 Å². The minimum atomic E-state index is -0.539. The number of benzene rings is 2. The van der Waals surface area contributed by atoms with Gasteiger partial charge in [-0.2, -0.15) is 0 Å². The van der Waals surface area contributed by atoms with Crippen molar-refractivity contribution in [1.82, 2.24) is 5.32 Å². The Morgan fingerprint density at radius 3 is 2.50 bits per heavy atom. The Balaban J connectivity index is 2.54. The molecule has 1 aliphatic heterocycles. The molecule has 0 aromatic heterocycles. The molecule has 4 nitrogen and oxygen atoms in total. The highest BCUT2D eigenvalue weighted by molar-refractivity contribution is 6.27. The van der Waals surface area contributed by atoms with Crippen LogP contribution < -0.4 is 5.32 Å². The van der Waals surface area contributed by atoms with Gasteiger partial charge in [0.05, 0.1) is 11.1 Å². The van der Waals surface area contributed by atoms with Crippen LogP contribution in [-0.4, -0.2) is 16.9 Å². The number of phenolic OH excluding ortho intramolecular Hbond substituents is 1. The van der Waals surface area contributed by atoms with Crippen LogP contribution in [-0.2, 0) is 0 Å². The first kappa shape index (κ1) is 8.91. The molecule has 0 radical (unpaired) electrons. The molecule has 0 saturated carbocycles. The van der Waals surface area contributed by atoms with Gasteiger partial charge in [-0.25, -0.2) is 0 Å². The number of hydrogen-bond donors (Lipinski definition) is 2. The van der Waals surface area contributed by atoms with Crippen LogP contribution in [0, 0.1) is 0 Å². The molecule has 1 aliphatic rings. The summed E-state index contributed by atoms with van der Waals surface area (Å²) >= 11 is 0. The quantitative estimate of drug-likeness (QED) is 0.650. The van der Waals surface area contributed by atoms with Gasteiger partial charge in [0.25, 0.3) is 11.8 Å². The van der Waals surface area contributed by atoms with Gasteiger partial charge in [-0.3, -0.25) is 14.9 Å². The van der Waals surface area contributed by atoms with Crippen LogP contribution in [0.4, 0.5) is 0 Å². The molecule has 0 spiro atoms. The average molecular weight is 213 g/mol. The number of carbonyl (C=O) groups excluding carboxylic acids is 2. The molecule has 0 fully saturated rings. The molecule has 2 N–H and O–H groups in total. The minimum absolute atomic E-state index is 0.0729. The van der Waals surface area contributed by atoms with Crippen molar-refractivity contribution < 1.29 is 14.7 Å². The molecule has 4 heteroatoms. The first-order valence-electron chi connectivity index (χ1n) is 4.79. The predicted molar refractivity (Wildman–Crippen MR) is 57.4 cm³/mol. The molecule has 78 valence electrons. The number of phenols is 1. The summed E-state index contributed by atoms with van der Waals surface area (Å²) in [4.78, 5) is 23.0.